The highest BCUT2D eigenvalue weighted by Crippen LogP contribution is 2.28. The minimum absolute atomic E-state index is 0.0745. The minimum atomic E-state index is -1.78. The Kier molecular flexibility index (Phi) is 25.6. The number of nitrogens with two attached hydrogens (primary N) is 3. The van der Waals surface area contributed by atoms with Crippen molar-refractivity contribution in [1.29, 1.82) is 0 Å². The zero-order chi connectivity index (χ0) is 61.9. The zero-order valence-electron chi connectivity index (χ0n) is 47.1. The van der Waals surface area contributed by atoms with Crippen molar-refractivity contribution >= 4 is 59.1 Å². The molecule has 3 fully saturated rings. The van der Waals surface area contributed by atoms with Crippen LogP contribution in [0.15, 0.2) is 48.5 Å². The Morgan fingerprint density at radius 3 is 1.65 bits per heavy atom. The lowest BCUT2D eigenvalue weighted by molar-refractivity contribution is -0.148. The molecule has 3 heterocycles. The van der Waals surface area contributed by atoms with E-state index in [9.17, 15) is 83.7 Å². The number of β-amino-alcohol motifs (C(OH)–C–C–N with tert-alkyl or cyclic N) is 2. The fourth-order valence-corrected chi connectivity index (χ4v) is 10.4. The molecule has 19 N–H and O–H groups in total. The van der Waals surface area contributed by atoms with Crippen LogP contribution in [0.3, 0.4) is 0 Å². The normalized spacial score (nSPS) is 21.4. The van der Waals surface area contributed by atoms with Crippen LogP contribution in [-0.4, -0.2) is 228 Å². The first-order valence-corrected chi connectivity index (χ1v) is 28.2. The van der Waals surface area contributed by atoms with E-state index in [1.807, 2.05) is 0 Å². The number of rotatable bonds is 30. The largest absolute Gasteiger partial charge is 0.508 e. The number of aliphatic hydroxyl groups excluding tert-OH is 4. The van der Waals surface area contributed by atoms with Crippen molar-refractivity contribution in [1.82, 2.24) is 46.6 Å². The number of hydrogen-bond donors (Lipinski definition) is 16. The van der Waals surface area contributed by atoms with Gasteiger partial charge in [0.2, 0.25) is 53.2 Å². The highest BCUT2D eigenvalue weighted by Gasteiger charge is 2.49. The third kappa shape index (κ3) is 18.7. The highest BCUT2D eigenvalue weighted by molar-refractivity contribution is 5.99. The van der Waals surface area contributed by atoms with Crippen LogP contribution in [0.25, 0.3) is 0 Å². The van der Waals surface area contributed by atoms with Crippen LogP contribution < -0.4 is 49.1 Å². The predicted octanol–water partition coefficient (Wildman–Crippen LogP) is -5.23. The number of carboxylic acid groups (broad SMARTS) is 1. The molecule has 0 aromatic heterocycles. The molecule has 464 valence electrons. The Morgan fingerprint density at radius 2 is 1.10 bits per heavy atom. The van der Waals surface area contributed by atoms with Crippen molar-refractivity contribution in [2.45, 2.75) is 170 Å². The molecule has 0 spiro atoms. The molecule has 9 amide bonds. The minimum Gasteiger partial charge on any atom is -0.508 e. The number of likely N-dealkylation sites (tertiary alicyclic amines) is 3. The van der Waals surface area contributed by atoms with Crippen LogP contribution in [0, 0.1) is 0 Å². The van der Waals surface area contributed by atoms with Gasteiger partial charge < -0.3 is 99.5 Å². The van der Waals surface area contributed by atoms with E-state index in [0.29, 0.717) is 56.2 Å². The van der Waals surface area contributed by atoms with Crippen molar-refractivity contribution in [3.63, 3.8) is 0 Å². The molecule has 0 aliphatic carbocycles. The molecule has 2 aromatic carbocycles. The molecule has 0 bridgehead atoms. The summed E-state index contributed by atoms with van der Waals surface area (Å²) < 4.78 is 0. The van der Waals surface area contributed by atoms with Gasteiger partial charge in [0.25, 0.3) is 0 Å². The number of phenolic OH excluding ortho intramolecular Hbond substituents is 2. The Labute approximate surface area is 485 Å². The van der Waals surface area contributed by atoms with Gasteiger partial charge in [-0.2, -0.15) is 0 Å². The lowest BCUT2D eigenvalue weighted by Crippen LogP contribution is -2.61. The number of nitrogens with one attached hydrogen (secondary N) is 6. The average molecular weight is 1180 g/mol. The van der Waals surface area contributed by atoms with Gasteiger partial charge in [0.15, 0.2) is 0 Å². The van der Waals surface area contributed by atoms with E-state index in [2.05, 4.69) is 31.9 Å². The molecule has 29 nitrogen and oxygen atoms in total. The summed E-state index contributed by atoms with van der Waals surface area (Å²) in [7, 11) is 0. The molecule has 5 rings (SSSR count). The summed E-state index contributed by atoms with van der Waals surface area (Å²) >= 11 is 0. The Hall–Kier alpha value is -7.54. The van der Waals surface area contributed by atoms with E-state index in [0.717, 1.165) is 16.7 Å². The summed E-state index contributed by atoms with van der Waals surface area (Å²) in [5.74, 6) is -9.55. The smallest absolute Gasteiger partial charge is 0.326 e. The van der Waals surface area contributed by atoms with E-state index < -0.39 is 158 Å². The van der Waals surface area contributed by atoms with Gasteiger partial charge in [0.1, 0.15) is 65.9 Å². The van der Waals surface area contributed by atoms with Crippen LogP contribution in [0.1, 0.15) is 89.2 Å². The van der Waals surface area contributed by atoms with Gasteiger partial charge in [-0.3, -0.25) is 43.2 Å². The molecule has 3 aliphatic heterocycles. The van der Waals surface area contributed by atoms with E-state index in [4.69, 9.17) is 17.2 Å². The number of carboxylic acids is 1. The second-order valence-electron chi connectivity index (χ2n) is 21.6. The Balaban J connectivity index is 1.30. The molecule has 0 radical (unpaired) electrons. The summed E-state index contributed by atoms with van der Waals surface area (Å²) in [5.41, 5.74) is 18.1. The van der Waals surface area contributed by atoms with Gasteiger partial charge in [-0.25, -0.2) is 4.79 Å². The molecule has 13 atom stereocenters. The molecule has 0 saturated carbocycles. The number of hydrogen-bond acceptors (Lipinski definition) is 19. The highest BCUT2D eigenvalue weighted by atomic mass is 16.4. The molecule has 84 heavy (non-hydrogen) atoms. The molecule has 3 aliphatic rings. The van der Waals surface area contributed by atoms with Gasteiger partial charge >= 0.3 is 5.97 Å². The van der Waals surface area contributed by atoms with E-state index in [-0.39, 0.29) is 63.1 Å². The number of benzene rings is 2. The Morgan fingerprint density at radius 1 is 0.583 bits per heavy atom. The van der Waals surface area contributed by atoms with Crippen LogP contribution in [0.2, 0.25) is 0 Å². The van der Waals surface area contributed by atoms with E-state index in [1.54, 1.807) is 0 Å². The standard InChI is InChI=1S/C55H82N12O17/c1-29(59-47(75)37(58)8-3-5-19-56)46(74)60-38(9-4-6-20-57)52(80)65-21-7-10-42(65)49(77)63-41(28-68)48(76)61-39(22-31-11-15-33(70)16-12-31)53(81)67-27-36(73)25-44(67)54(82)66-26-35(72)24-43(66)50(78)64-45(30(2)69)51(79)62-40(55(83)84)23-32-13-17-34(71)18-14-32/h11-18,29-30,35-45,68-73H,3-10,19-28,56-58H2,1-2H3,(H,59,75)(H,60,74)(H,61,76)(H,62,79)(H,63,77)(H,64,78)(H,83,84)/t29-,30+,35+,36+,37-,38-,39-,40-,41-,42-,43-,44-,45-/m0/s1. The number of carbonyl (C=O) groups is 10. The first kappa shape index (κ1) is 67.3. The van der Waals surface area contributed by atoms with Crippen LogP contribution in [0.4, 0.5) is 0 Å². The third-order valence-electron chi connectivity index (χ3n) is 15.0. The number of phenols is 2. The van der Waals surface area contributed by atoms with Crippen LogP contribution in [-0.2, 0) is 60.8 Å². The summed E-state index contributed by atoms with van der Waals surface area (Å²) in [6.07, 6.45) is -2.53. The predicted molar refractivity (Wildman–Crippen MR) is 298 cm³/mol. The number of aromatic hydroxyl groups is 2. The molecular weight excluding hydrogens is 1100 g/mol. The lowest BCUT2D eigenvalue weighted by atomic mass is 10.0. The zero-order valence-corrected chi connectivity index (χ0v) is 47.1. The van der Waals surface area contributed by atoms with Gasteiger partial charge in [0, 0.05) is 45.3 Å². The number of nitrogens with zero attached hydrogens (tertiary/aromatic N) is 3. The van der Waals surface area contributed by atoms with Gasteiger partial charge in [-0.15, -0.1) is 0 Å². The lowest BCUT2D eigenvalue weighted by Gasteiger charge is -2.33. The number of amides is 9. The van der Waals surface area contributed by atoms with Gasteiger partial charge in [-0.1, -0.05) is 30.7 Å². The summed E-state index contributed by atoms with van der Waals surface area (Å²) in [5, 5.41) is 87.5. The fraction of sp³-hybridized carbons (Fsp3) is 0.600. The molecule has 3 saturated heterocycles. The fourth-order valence-electron chi connectivity index (χ4n) is 10.4. The maximum atomic E-state index is 14.8. The first-order chi connectivity index (χ1) is 39.9. The molecule has 2 aromatic rings. The Bertz CT molecular complexity index is 2610. The van der Waals surface area contributed by atoms with Gasteiger partial charge in [-0.05, 0) is 107 Å². The van der Waals surface area contributed by atoms with Crippen molar-refractivity contribution < 1.29 is 83.7 Å². The topological polar surface area (TPSA) is 472 Å². The molecule has 0 unspecified atom stereocenters. The number of aliphatic hydroxyl groups is 4. The molecular formula is C55H82N12O17. The van der Waals surface area contributed by atoms with Crippen molar-refractivity contribution in [3.8, 4) is 11.5 Å². The van der Waals surface area contributed by atoms with E-state index in [1.165, 1.54) is 60.4 Å². The molecule has 29 heteroatoms. The maximum absolute atomic E-state index is 14.8. The summed E-state index contributed by atoms with van der Waals surface area (Å²) in [6, 6.07) is -3.09. The van der Waals surface area contributed by atoms with E-state index >= 15 is 0 Å². The maximum Gasteiger partial charge on any atom is 0.326 e. The third-order valence-corrected chi connectivity index (χ3v) is 15.0. The first-order valence-electron chi connectivity index (χ1n) is 28.2. The van der Waals surface area contributed by atoms with Crippen LogP contribution >= 0.6 is 0 Å². The van der Waals surface area contributed by atoms with Gasteiger partial charge in [0.05, 0.1) is 31.0 Å². The quantitative estimate of drug-likeness (QED) is 0.0325. The number of aliphatic carboxylic acids is 1. The van der Waals surface area contributed by atoms with Crippen molar-refractivity contribution in [3.05, 3.63) is 59.7 Å². The summed E-state index contributed by atoms with van der Waals surface area (Å²) in [6.45, 7) is 1.41. The van der Waals surface area contributed by atoms with Crippen molar-refractivity contribution in [2.75, 3.05) is 39.3 Å². The number of carbonyl (C=O) groups excluding carboxylic acids is 9. The van der Waals surface area contributed by atoms with Crippen LogP contribution in [0.5, 0.6) is 11.5 Å². The second kappa shape index (κ2) is 31.9. The monoisotopic (exact) mass is 1180 g/mol. The second-order valence-corrected chi connectivity index (χ2v) is 21.6. The number of unbranched alkanes of at least 4 members (excludes halogenated alkanes) is 2. The SMILES string of the molecule is C[C@H](NC(=O)[C@@H](N)CCCCN)C(=O)N[C@@H](CCCCN)C(=O)N1CCC[C@H]1C(=O)N[C@@H](CO)C(=O)N[C@@H](Cc1ccc(O)cc1)C(=O)N1C[C@H](O)C[C@H]1C(=O)N1C[C@H](O)C[C@H]1C(=O)N[C@H](C(=O)N[C@@H](Cc1ccc(O)cc1)C(=O)O)[C@@H](C)O. The summed E-state index contributed by atoms with van der Waals surface area (Å²) in [4.78, 5) is 141. The average Bonchev–Trinajstić information content (AvgIpc) is 4.29. The van der Waals surface area contributed by atoms with Crippen molar-refractivity contribution in [2.24, 2.45) is 17.2 Å².